The number of allylic oxidation sites excluding steroid dienone is 1. The maximum Gasteiger partial charge on any atom is 0.251 e. The molecule has 0 radical (unpaired) electrons. The van der Waals surface area contributed by atoms with E-state index in [1.807, 2.05) is 0 Å². The number of hydrogen-bond acceptors (Lipinski definition) is 3. The van der Waals surface area contributed by atoms with Crippen molar-refractivity contribution >= 4 is 35.3 Å². The van der Waals surface area contributed by atoms with Crippen molar-refractivity contribution in [3.63, 3.8) is 0 Å². The van der Waals surface area contributed by atoms with Crippen LogP contribution in [0.25, 0.3) is 0 Å². The van der Waals surface area contributed by atoms with E-state index in [0.29, 0.717) is 22.2 Å². The molecule has 0 aliphatic carbocycles. The Kier molecular flexibility index (Phi) is 4.60. The smallest absolute Gasteiger partial charge is 0.251 e. The Bertz CT molecular complexity index is 580. The van der Waals surface area contributed by atoms with Gasteiger partial charge in [0.15, 0.2) is 0 Å². The molecule has 2 rings (SSSR count). The van der Waals surface area contributed by atoms with E-state index in [0.717, 1.165) is 5.56 Å². The quantitative estimate of drug-likeness (QED) is 0.932. The molecule has 0 fully saturated rings. The molecule has 0 unspecified atom stereocenters. The first-order valence-corrected chi connectivity index (χ1v) is 6.20. The normalized spacial score (nSPS) is 13.5. The Balaban J connectivity index is 1.98. The van der Waals surface area contributed by atoms with E-state index in [4.69, 9.17) is 28.0 Å². The van der Waals surface area contributed by atoms with Gasteiger partial charge >= 0.3 is 0 Å². The summed E-state index contributed by atoms with van der Waals surface area (Å²) in [6.45, 7) is 0.360. The molecule has 1 N–H and O–H groups in total. The van der Waals surface area contributed by atoms with Crippen molar-refractivity contribution in [3.8, 4) is 0 Å². The summed E-state index contributed by atoms with van der Waals surface area (Å²) < 4.78 is 0. The van der Waals surface area contributed by atoms with Gasteiger partial charge in [-0.1, -0.05) is 34.4 Å². The maximum atomic E-state index is 11.9. The zero-order valence-corrected chi connectivity index (χ0v) is 11.3. The van der Waals surface area contributed by atoms with Gasteiger partial charge in [-0.3, -0.25) is 4.79 Å². The third-order valence-electron chi connectivity index (χ3n) is 2.38. The summed E-state index contributed by atoms with van der Waals surface area (Å²) in [6, 6.07) is 5.21. The number of hydrogen-bond donors (Lipinski definition) is 1. The van der Waals surface area contributed by atoms with Gasteiger partial charge in [0.05, 0.1) is 16.3 Å². The van der Waals surface area contributed by atoms with Gasteiger partial charge in [0.2, 0.25) is 0 Å². The average molecular weight is 297 g/mol. The van der Waals surface area contributed by atoms with Crippen molar-refractivity contribution in [2.24, 2.45) is 5.16 Å². The van der Waals surface area contributed by atoms with E-state index in [-0.39, 0.29) is 5.91 Å². The summed E-state index contributed by atoms with van der Waals surface area (Å²) in [5, 5.41) is 7.25. The highest BCUT2D eigenvalue weighted by Crippen LogP contribution is 2.22. The standard InChI is InChI=1S/C13H10Cl2N2O2/c14-11-2-1-9(7-12(11)15)8-16-13(18)10-3-5-17-19-6-4-10/h1-7H,8H2,(H,16,18). The van der Waals surface area contributed by atoms with Crippen molar-refractivity contribution < 1.29 is 9.63 Å². The molecule has 0 spiro atoms. The lowest BCUT2D eigenvalue weighted by Gasteiger charge is -2.06. The maximum absolute atomic E-state index is 11.9. The van der Waals surface area contributed by atoms with Crippen LogP contribution in [0.4, 0.5) is 0 Å². The molecular weight excluding hydrogens is 287 g/mol. The van der Waals surface area contributed by atoms with Gasteiger partial charge in [-0.05, 0) is 29.8 Å². The van der Waals surface area contributed by atoms with Crippen LogP contribution in [0.1, 0.15) is 5.56 Å². The molecule has 19 heavy (non-hydrogen) atoms. The largest absolute Gasteiger partial charge is 0.365 e. The van der Waals surface area contributed by atoms with Crippen LogP contribution in [0.15, 0.2) is 47.3 Å². The third kappa shape index (κ3) is 3.84. The number of rotatable bonds is 3. The summed E-state index contributed by atoms with van der Waals surface area (Å²) in [7, 11) is 0. The first-order chi connectivity index (χ1) is 9.16. The van der Waals surface area contributed by atoms with E-state index in [2.05, 4.69) is 10.5 Å². The summed E-state index contributed by atoms with van der Waals surface area (Å²) in [4.78, 5) is 16.6. The average Bonchev–Trinajstić information content (AvgIpc) is 2.69. The molecule has 1 aliphatic heterocycles. The summed E-state index contributed by atoms with van der Waals surface area (Å²) >= 11 is 11.7. The Morgan fingerprint density at radius 3 is 2.95 bits per heavy atom. The van der Waals surface area contributed by atoms with Crippen LogP contribution in [0.2, 0.25) is 10.0 Å². The second kappa shape index (κ2) is 6.41. The summed E-state index contributed by atoms with van der Waals surface area (Å²) in [5.74, 6) is -0.223. The van der Waals surface area contributed by atoms with Crippen molar-refractivity contribution in [1.82, 2.24) is 5.32 Å². The van der Waals surface area contributed by atoms with Gasteiger partial charge in [-0.25, -0.2) is 0 Å². The molecule has 6 heteroatoms. The fraction of sp³-hybridized carbons (Fsp3) is 0.0769. The van der Waals surface area contributed by atoms with Crippen LogP contribution in [0, 0.1) is 0 Å². The first kappa shape index (κ1) is 13.6. The fourth-order valence-corrected chi connectivity index (χ4v) is 1.75. The van der Waals surface area contributed by atoms with Gasteiger partial charge in [-0.15, -0.1) is 0 Å². The zero-order chi connectivity index (χ0) is 13.7. The number of halogens is 2. The number of oxime groups is 1. The molecule has 0 atom stereocenters. The second-order valence-electron chi connectivity index (χ2n) is 3.72. The minimum Gasteiger partial charge on any atom is -0.365 e. The van der Waals surface area contributed by atoms with Crippen LogP contribution in [-0.2, 0) is 16.2 Å². The zero-order valence-electron chi connectivity index (χ0n) is 9.77. The monoisotopic (exact) mass is 296 g/mol. The molecule has 0 aromatic heterocycles. The lowest BCUT2D eigenvalue weighted by Crippen LogP contribution is -2.23. The van der Waals surface area contributed by atoms with E-state index >= 15 is 0 Å². The van der Waals surface area contributed by atoms with Crippen molar-refractivity contribution in [2.75, 3.05) is 0 Å². The van der Waals surface area contributed by atoms with Gasteiger partial charge in [0.1, 0.15) is 6.26 Å². The molecule has 0 saturated heterocycles. The van der Waals surface area contributed by atoms with Crippen molar-refractivity contribution in [1.29, 1.82) is 0 Å². The predicted molar refractivity (Wildman–Crippen MR) is 75.1 cm³/mol. The highest BCUT2D eigenvalue weighted by molar-refractivity contribution is 6.42. The molecule has 1 aromatic carbocycles. The van der Waals surface area contributed by atoms with E-state index in [1.54, 1.807) is 24.3 Å². The van der Waals surface area contributed by atoms with Crippen molar-refractivity contribution in [2.45, 2.75) is 6.54 Å². The molecule has 4 nitrogen and oxygen atoms in total. The van der Waals surface area contributed by atoms with E-state index in [9.17, 15) is 4.79 Å². The van der Waals surface area contributed by atoms with Crippen LogP contribution >= 0.6 is 23.2 Å². The highest BCUT2D eigenvalue weighted by Gasteiger charge is 2.07. The Hall–Kier alpha value is -1.78. The molecular formula is C13H10Cl2N2O2. The number of nitrogens with one attached hydrogen (secondary N) is 1. The van der Waals surface area contributed by atoms with E-state index < -0.39 is 0 Å². The van der Waals surface area contributed by atoms with E-state index in [1.165, 1.54) is 18.6 Å². The van der Waals surface area contributed by atoms with Gasteiger partial charge in [0.25, 0.3) is 5.91 Å². The third-order valence-corrected chi connectivity index (χ3v) is 3.12. The highest BCUT2D eigenvalue weighted by atomic mass is 35.5. The molecule has 1 heterocycles. The number of amides is 1. The molecule has 0 bridgehead atoms. The number of carbonyl (C=O) groups is 1. The second-order valence-corrected chi connectivity index (χ2v) is 4.53. The summed E-state index contributed by atoms with van der Waals surface area (Å²) in [5.41, 5.74) is 1.33. The Morgan fingerprint density at radius 2 is 2.16 bits per heavy atom. The first-order valence-electron chi connectivity index (χ1n) is 5.45. The lowest BCUT2D eigenvalue weighted by molar-refractivity contribution is -0.117. The van der Waals surface area contributed by atoms with Crippen LogP contribution < -0.4 is 5.32 Å². The predicted octanol–water partition coefficient (Wildman–Crippen LogP) is 3.07. The minimum atomic E-state index is -0.223. The van der Waals surface area contributed by atoms with Crippen LogP contribution in [0.3, 0.4) is 0 Å². The molecule has 98 valence electrons. The van der Waals surface area contributed by atoms with Crippen LogP contribution in [-0.4, -0.2) is 12.1 Å². The molecule has 1 aromatic rings. The van der Waals surface area contributed by atoms with Crippen LogP contribution in [0.5, 0.6) is 0 Å². The number of nitrogens with zero attached hydrogens (tertiary/aromatic N) is 1. The lowest BCUT2D eigenvalue weighted by atomic mass is 10.2. The van der Waals surface area contributed by atoms with Gasteiger partial charge in [0, 0.05) is 12.1 Å². The fourth-order valence-electron chi connectivity index (χ4n) is 1.43. The van der Waals surface area contributed by atoms with Gasteiger partial charge < -0.3 is 10.2 Å². The van der Waals surface area contributed by atoms with Gasteiger partial charge in [-0.2, -0.15) is 0 Å². The number of benzene rings is 1. The molecule has 1 aliphatic rings. The number of carbonyl (C=O) groups excluding carboxylic acids is 1. The molecule has 1 amide bonds. The topological polar surface area (TPSA) is 50.7 Å². The minimum absolute atomic E-state index is 0.223. The Labute approximate surface area is 120 Å². The summed E-state index contributed by atoms with van der Waals surface area (Å²) in [6.07, 6.45) is 5.85. The van der Waals surface area contributed by atoms with Crippen molar-refractivity contribution in [3.05, 3.63) is 57.8 Å². The Morgan fingerprint density at radius 1 is 1.32 bits per heavy atom. The SMILES string of the molecule is O=C(NCc1ccc(Cl)c(Cl)c1)C1=CC=NOC=C1. The molecule has 0 saturated carbocycles.